The molecule has 2 aliphatic rings. The molecule has 0 saturated carbocycles. The summed E-state index contributed by atoms with van der Waals surface area (Å²) in [7, 11) is 3.56. The van der Waals surface area contributed by atoms with Crippen LogP contribution in [-0.4, -0.2) is 88.9 Å². The van der Waals surface area contributed by atoms with Crippen LogP contribution in [0.5, 0.6) is 5.75 Å². The van der Waals surface area contributed by atoms with E-state index in [-0.39, 0.29) is 0 Å². The van der Waals surface area contributed by atoms with Crippen LogP contribution in [-0.2, 0) is 4.74 Å². The molecule has 7 nitrogen and oxygen atoms in total. The van der Waals surface area contributed by atoms with Crippen molar-refractivity contribution < 1.29 is 9.47 Å². The van der Waals surface area contributed by atoms with E-state index in [1.807, 2.05) is 7.05 Å². The SMILES string of the molecule is CN=C(NCCCCN1CCOCC1)NCC(c1ccc(OC)cc1)N1CCCC1. The van der Waals surface area contributed by atoms with Gasteiger partial charge in [-0.05, 0) is 63.0 Å². The molecule has 0 amide bonds. The predicted octanol–water partition coefficient (Wildman–Crippen LogP) is 2.11. The third-order valence-electron chi connectivity index (χ3n) is 6.07. The standard InChI is InChI=1S/C23H39N5O2/c1-24-23(25-11-3-4-12-27-15-17-30-18-16-27)26-19-22(28-13-5-6-14-28)20-7-9-21(29-2)10-8-20/h7-10,22H,3-6,11-19H2,1-2H3,(H2,24,25,26). The van der Waals surface area contributed by atoms with E-state index in [0.717, 1.165) is 77.2 Å². The summed E-state index contributed by atoms with van der Waals surface area (Å²) in [5.74, 6) is 1.79. The van der Waals surface area contributed by atoms with Gasteiger partial charge in [-0.25, -0.2) is 0 Å². The first-order valence-electron chi connectivity index (χ1n) is 11.4. The molecule has 2 saturated heterocycles. The van der Waals surface area contributed by atoms with Gasteiger partial charge in [-0.15, -0.1) is 0 Å². The number of likely N-dealkylation sites (tertiary alicyclic amines) is 1. The van der Waals surface area contributed by atoms with Crippen LogP contribution in [0.25, 0.3) is 0 Å². The summed E-state index contributed by atoms with van der Waals surface area (Å²) in [6.45, 7) is 9.16. The quantitative estimate of drug-likeness (QED) is 0.345. The summed E-state index contributed by atoms with van der Waals surface area (Å²) >= 11 is 0. The highest BCUT2D eigenvalue weighted by Crippen LogP contribution is 2.26. The van der Waals surface area contributed by atoms with Crippen LogP contribution in [0.1, 0.15) is 37.3 Å². The van der Waals surface area contributed by atoms with Gasteiger partial charge in [-0.3, -0.25) is 14.8 Å². The Bertz CT molecular complexity index is 625. The maximum Gasteiger partial charge on any atom is 0.191 e. The molecule has 30 heavy (non-hydrogen) atoms. The summed E-state index contributed by atoms with van der Waals surface area (Å²) in [4.78, 5) is 9.49. The monoisotopic (exact) mass is 417 g/mol. The molecule has 2 N–H and O–H groups in total. The third kappa shape index (κ3) is 7.15. The second kappa shape index (κ2) is 12.8. The van der Waals surface area contributed by atoms with Crippen LogP contribution in [0.15, 0.2) is 29.3 Å². The Balaban J connectivity index is 1.43. The number of ether oxygens (including phenoxy) is 2. The van der Waals surface area contributed by atoms with Gasteiger partial charge < -0.3 is 20.1 Å². The van der Waals surface area contributed by atoms with E-state index in [2.05, 4.69) is 49.7 Å². The summed E-state index contributed by atoms with van der Waals surface area (Å²) in [6.07, 6.45) is 4.91. The summed E-state index contributed by atoms with van der Waals surface area (Å²) in [6, 6.07) is 8.83. The minimum atomic E-state index is 0.346. The molecule has 1 unspecified atom stereocenters. The molecule has 0 bridgehead atoms. The van der Waals surface area contributed by atoms with Gasteiger partial charge in [0.05, 0.1) is 26.4 Å². The number of guanidine groups is 1. The van der Waals surface area contributed by atoms with Crippen LogP contribution >= 0.6 is 0 Å². The fourth-order valence-corrected chi connectivity index (χ4v) is 4.24. The maximum absolute atomic E-state index is 5.41. The van der Waals surface area contributed by atoms with E-state index in [1.54, 1.807) is 7.11 Å². The zero-order valence-corrected chi connectivity index (χ0v) is 18.7. The lowest BCUT2D eigenvalue weighted by Crippen LogP contribution is -2.43. The number of benzene rings is 1. The van der Waals surface area contributed by atoms with Gasteiger partial charge in [0, 0.05) is 33.2 Å². The molecule has 1 atom stereocenters. The molecule has 2 fully saturated rings. The highest BCUT2D eigenvalue weighted by Gasteiger charge is 2.23. The smallest absolute Gasteiger partial charge is 0.191 e. The van der Waals surface area contributed by atoms with Gasteiger partial charge in [0.15, 0.2) is 5.96 Å². The fraction of sp³-hybridized carbons (Fsp3) is 0.696. The Morgan fingerprint density at radius 3 is 2.47 bits per heavy atom. The lowest BCUT2D eigenvalue weighted by Gasteiger charge is -2.29. The van der Waals surface area contributed by atoms with Crippen LogP contribution in [0, 0.1) is 0 Å². The second-order valence-electron chi connectivity index (χ2n) is 8.07. The number of nitrogens with zero attached hydrogens (tertiary/aromatic N) is 3. The predicted molar refractivity (Wildman–Crippen MR) is 122 cm³/mol. The number of nitrogens with one attached hydrogen (secondary N) is 2. The molecule has 0 aromatic heterocycles. The number of hydrogen-bond donors (Lipinski definition) is 2. The number of methoxy groups -OCH3 is 1. The van der Waals surface area contributed by atoms with E-state index in [4.69, 9.17) is 9.47 Å². The van der Waals surface area contributed by atoms with Gasteiger partial charge in [-0.1, -0.05) is 12.1 Å². The number of hydrogen-bond acceptors (Lipinski definition) is 5. The average Bonchev–Trinajstić information content (AvgIpc) is 3.33. The molecular weight excluding hydrogens is 378 g/mol. The Labute approximate surface area is 181 Å². The molecule has 0 spiro atoms. The van der Waals surface area contributed by atoms with Crippen molar-refractivity contribution in [3.63, 3.8) is 0 Å². The molecule has 168 valence electrons. The van der Waals surface area contributed by atoms with Crippen molar-refractivity contribution in [3.8, 4) is 5.75 Å². The lowest BCUT2D eigenvalue weighted by atomic mass is 10.1. The lowest BCUT2D eigenvalue weighted by molar-refractivity contribution is 0.0372. The number of unbranched alkanes of at least 4 members (excludes halogenated alkanes) is 1. The molecule has 1 aromatic rings. The Morgan fingerprint density at radius 1 is 1.07 bits per heavy atom. The first-order valence-corrected chi connectivity index (χ1v) is 11.4. The molecule has 1 aromatic carbocycles. The third-order valence-corrected chi connectivity index (χ3v) is 6.07. The van der Waals surface area contributed by atoms with E-state index in [1.165, 1.54) is 24.8 Å². The number of aliphatic imine (C=N–C) groups is 1. The van der Waals surface area contributed by atoms with Gasteiger partial charge in [0.25, 0.3) is 0 Å². The molecule has 0 radical (unpaired) electrons. The van der Waals surface area contributed by atoms with Crippen LogP contribution in [0.2, 0.25) is 0 Å². The van der Waals surface area contributed by atoms with Crippen LogP contribution in [0.3, 0.4) is 0 Å². The van der Waals surface area contributed by atoms with E-state index in [0.29, 0.717) is 6.04 Å². The van der Waals surface area contributed by atoms with Crippen molar-refractivity contribution in [1.82, 2.24) is 20.4 Å². The van der Waals surface area contributed by atoms with E-state index in [9.17, 15) is 0 Å². The van der Waals surface area contributed by atoms with Crippen molar-refractivity contribution in [2.75, 3.05) is 73.2 Å². The van der Waals surface area contributed by atoms with Crippen LogP contribution in [0.4, 0.5) is 0 Å². The van der Waals surface area contributed by atoms with E-state index < -0.39 is 0 Å². The maximum atomic E-state index is 5.41. The highest BCUT2D eigenvalue weighted by molar-refractivity contribution is 5.79. The average molecular weight is 418 g/mol. The largest absolute Gasteiger partial charge is 0.497 e. The highest BCUT2D eigenvalue weighted by atomic mass is 16.5. The zero-order chi connectivity index (χ0) is 21.0. The minimum Gasteiger partial charge on any atom is -0.497 e. The Morgan fingerprint density at radius 2 is 1.80 bits per heavy atom. The van der Waals surface area contributed by atoms with Crippen molar-refractivity contribution >= 4 is 5.96 Å². The normalized spacial score (nSPS) is 19.6. The zero-order valence-electron chi connectivity index (χ0n) is 18.7. The van der Waals surface area contributed by atoms with E-state index >= 15 is 0 Å². The van der Waals surface area contributed by atoms with Gasteiger partial charge in [0.2, 0.25) is 0 Å². The first-order chi connectivity index (χ1) is 14.8. The molecule has 2 heterocycles. The van der Waals surface area contributed by atoms with Gasteiger partial charge in [0.1, 0.15) is 5.75 Å². The summed E-state index contributed by atoms with van der Waals surface area (Å²) in [5.41, 5.74) is 1.33. The molecule has 0 aliphatic carbocycles. The number of rotatable bonds is 10. The van der Waals surface area contributed by atoms with Crippen molar-refractivity contribution in [3.05, 3.63) is 29.8 Å². The second-order valence-corrected chi connectivity index (χ2v) is 8.07. The van der Waals surface area contributed by atoms with Crippen molar-refractivity contribution in [1.29, 1.82) is 0 Å². The molecule has 3 rings (SSSR count). The summed E-state index contributed by atoms with van der Waals surface area (Å²) < 4.78 is 10.7. The molecular formula is C23H39N5O2. The minimum absolute atomic E-state index is 0.346. The van der Waals surface area contributed by atoms with Crippen LogP contribution < -0.4 is 15.4 Å². The van der Waals surface area contributed by atoms with Crippen molar-refractivity contribution in [2.24, 2.45) is 4.99 Å². The van der Waals surface area contributed by atoms with Crippen molar-refractivity contribution in [2.45, 2.75) is 31.7 Å². The van der Waals surface area contributed by atoms with Gasteiger partial charge >= 0.3 is 0 Å². The number of morpholine rings is 1. The Kier molecular flexibility index (Phi) is 9.73. The molecule has 7 heteroatoms. The summed E-state index contributed by atoms with van der Waals surface area (Å²) in [5, 5.41) is 7.03. The molecule has 2 aliphatic heterocycles. The topological polar surface area (TPSA) is 61.4 Å². The first kappa shape index (κ1) is 22.8. The Hall–Kier alpha value is -1.83. The van der Waals surface area contributed by atoms with Gasteiger partial charge in [-0.2, -0.15) is 0 Å². The fourth-order valence-electron chi connectivity index (χ4n) is 4.24.